The van der Waals surface area contributed by atoms with Crippen molar-refractivity contribution < 1.29 is 17.9 Å². The number of esters is 1. The number of aryl methyl sites for hydroxylation is 1. The van der Waals surface area contributed by atoms with E-state index < -0.39 is 9.84 Å². The number of carbonyl (C=O) groups excluding carboxylic acids is 1. The molecule has 1 saturated carbocycles. The molecule has 5 rings (SSSR count). The Morgan fingerprint density at radius 1 is 1.24 bits per heavy atom. The van der Waals surface area contributed by atoms with Crippen molar-refractivity contribution in [2.75, 3.05) is 24.8 Å². The number of rotatable bonds is 7. The van der Waals surface area contributed by atoms with Crippen molar-refractivity contribution in [3.05, 3.63) is 52.1 Å². The summed E-state index contributed by atoms with van der Waals surface area (Å²) in [6.45, 7) is 0.835. The third-order valence-corrected chi connectivity index (χ3v) is 7.72. The van der Waals surface area contributed by atoms with E-state index in [1.165, 1.54) is 13.4 Å². The Balaban J connectivity index is 1.76. The van der Waals surface area contributed by atoms with Gasteiger partial charge < -0.3 is 19.2 Å². The number of aromatic amines is 1. The van der Waals surface area contributed by atoms with Crippen LogP contribution >= 0.6 is 0 Å². The van der Waals surface area contributed by atoms with E-state index in [1.54, 1.807) is 11.6 Å². The van der Waals surface area contributed by atoms with Crippen LogP contribution in [0, 0.1) is 5.92 Å². The van der Waals surface area contributed by atoms with E-state index in [-0.39, 0.29) is 29.7 Å². The number of nitrogens with zero attached hydrogens (tertiary/aromatic N) is 2. The number of aromatic nitrogens is 2. The molecule has 2 aliphatic rings. The molecule has 8 nitrogen and oxygen atoms in total. The number of ether oxygens (including phenoxy) is 1. The van der Waals surface area contributed by atoms with E-state index >= 15 is 0 Å². The summed E-state index contributed by atoms with van der Waals surface area (Å²) in [5.74, 6) is 0.255. The van der Waals surface area contributed by atoms with Gasteiger partial charge in [-0.2, -0.15) is 0 Å². The number of hydrogen-bond donors (Lipinski definition) is 1. The molecule has 1 fully saturated rings. The van der Waals surface area contributed by atoms with E-state index in [0.717, 1.165) is 47.2 Å². The minimum Gasteiger partial charge on any atom is -0.469 e. The van der Waals surface area contributed by atoms with E-state index in [1.807, 2.05) is 30.6 Å². The second-order valence-electron chi connectivity index (χ2n) is 9.60. The number of nitrogens with one attached hydrogen (secondary N) is 1. The molecule has 3 heterocycles. The summed E-state index contributed by atoms with van der Waals surface area (Å²) in [6.07, 6.45) is 8.09. The van der Waals surface area contributed by atoms with Crippen molar-refractivity contribution in [2.24, 2.45) is 13.0 Å². The van der Waals surface area contributed by atoms with E-state index in [0.29, 0.717) is 23.4 Å². The van der Waals surface area contributed by atoms with Gasteiger partial charge in [0.2, 0.25) is 0 Å². The van der Waals surface area contributed by atoms with Gasteiger partial charge in [-0.1, -0.05) is 6.07 Å². The highest BCUT2D eigenvalue weighted by Gasteiger charge is 2.35. The van der Waals surface area contributed by atoms with Gasteiger partial charge in [-0.3, -0.25) is 9.59 Å². The number of carbonyl (C=O) groups is 1. The molecule has 0 spiro atoms. The zero-order valence-electron chi connectivity index (χ0n) is 19.6. The Morgan fingerprint density at radius 2 is 2.00 bits per heavy atom. The summed E-state index contributed by atoms with van der Waals surface area (Å²) in [4.78, 5) is 30.6. The molecule has 180 valence electrons. The van der Waals surface area contributed by atoms with Crippen LogP contribution in [-0.2, 0) is 32.2 Å². The fourth-order valence-corrected chi connectivity index (χ4v) is 5.89. The minimum atomic E-state index is -3.21. The average molecular weight is 484 g/mol. The molecular weight excluding hydrogens is 454 g/mol. The zero-order chi connectivity index (χ0) is 24.2. The lowest BCUT2D eigenvalue weighted by Gasteiger charge is -2.34. The number of hydrogen-bond acceptors (Lipinski definition) is 6. The van der Waals surface area contributed by atoms with Gasteiger partial charge in [-0.25, -0.2) is 8.42 Å². The molecule has 0 amide bonds. The maximum atomic E-state index is 13.0. The van der Waals surface area contributed by atoms with Crippen molar-refractivity contribution in [1.82, 2.24) is 9.55 Å². The largest absolute Gasteiger partial charge is 0.469 e. The highest BCUT2D eigenvalue weighted by molar-refractivity contribution is 7.89. The van der Waals surface area contributed by atoms with E-state index in [2.05, 4.69) is 9.88 Å². The topological polar surface area (TPSA) is 101 Å². The van der Waals surface area contributed by atoms with Gasteiger partial charge in [0.1, 0.15) is 5.52 Å². The quantitative estimate of drug-likeness (QED) is 0.518. The molecule has 2 aromatic heterocycles. The molecule has 1 atom stereocenters. The lowest BCUT2D eigenvalue weighted by molar-refractivity contribution is -0.140. The smallest absolute Gasteiger partial charge is 0.305 e. The molecule has 0 saturated heterocycles. The van der Waals surface area contributed by atoms with Crippen LogP contribution in [0.25, 0.3) is 22.0 Å². The highest BCUT2D eigenvalue weighted by atomic mass is 32.2. The van der Waals surface area contributed by atoms with Gasteiger partial charge >= 0.3 is 5.97 Å². The van der Waals surface area contributed by atoms with E-state index in [4.69, 9.17) is 4.74 Å². The molecule has 1 unspecified atom stereocenters. The first-order chi connectivity index (χ1) is 16.2. The lowest BCUT2D eigenvalue weighted by Crippen LogP contribution is -2.31. The Bertz CT molecular complexity index is 1450. The van der Waals surface area contributed by atoms with Crippen molar-refractivity contribution in [3.63, 3.8) is 0 Å². The predicted octanol–water partition coefficient (Wildman–Crippen LogP) is 3.30. The second-order valence-corrected chi connectivity index (χ2v) is 11.7. The summed E-state index contributed by atoms with van der Waals surface area (Å²) in [5.41, 5.74) is 4.87. The summed E-state index contributed by atoms with van der Waals surface area (Å²) < 4.78 is 30.5. The molecule has 9 heteroatoms. The number of fused-ring (bicyclic) bond motifs is 2. The predicted molar refractivity (Wildman–Crippen MR) is 132 cm³/mol. The van der Waals surface area contributed by atoms with Crippen LogP contribution in [0.1, 0.15) is 42.9 Å². The number of benzene rings is 1. The fraction of sp³-hybridized carbons (Fsp3) is 0.440. The van der Waals surface area contributed by atoms with Gasteiger partial charge in [0.05, 0.1) is 18.9 Å². The zero-order valence-corrected chi connectivity index (χ0v) is 20.4. The molecule has 0 radical (unpaired) electrons. The molecule has 1 aliphatic carbocycles. The van der Waals surface area contributed by atoms with Crippen molar-refractivity contribution in [1.29, 1.82) is 0 Å². The first kappa shape index (κ1) is 22.7. The van der Waals surface area contributed by atoms with Crippen LogP contribution in [0.3, 0.4) is 0 Å². The van der Waals surface area contributed by atoms with Crippen molar-refractivity contribution in [3.8, 4) is 11.1 Å². The van der Waals surface area contributed by atoms with Gasteiger partial charge in [0, 0.05) is 66.4 Å². The van der Waals surface area contributed by atoms with Crippen LogP contribution in [0.5, 0.6) is 0 Å². The van der Waals surface area contributed by atoms with Crippen LogP contribution < -0.4 is 10.5 Å². The van der Waals surface area contributed by atoms with Gasteiger partial charge in [-0.05, 0) is 42.9 Å². The lowest BCUT2D eigenvalue weighted by atomic mass is 9.97. The monoisotopic (exact) mass is 483 g/mol. The Kier molecular flexibility index (Phi) is 5.55. The van der Waals surface area contributed by atoms with Crippen LogP contribution in [0.2, 0.25) is 0 Å². The first-order valence-electron chi connectivity index (χ1n) is 11.5. The SMILES string of the molecule is COC(=O)CCC1c2c[nH]c3c(=O)n(C)cc(c23)-c2cc(CS(C)(=O)=O)ccc2N1CC1CC1. The molecule has 1 aromatic carbocycles. The number of sulfone groups is 1. The second kappa shape index (κ2) is 8.30. The number of methoxy groups -OCH3 is 1. The van der Waals surface area contributed by atoms with Gasteiger partial charge in [-0.15, -0.1) is 0 Å². The summed E-state index contributed by atoms with van der Waals surface area (Å²) in [7, 11) is -0.0950. The van der Waals surface area contributed by atoms with Crippen LogP contribution in [0.4, 0.5) is 5.69 Å². The minimum absolute atomic E-state index is 0.0520. The highest BCUT2D eigenvalue weighted by Crippen LogP contribution is 2.48. The third-order valence-electron chi connectivity index (χ3n) is 6.86. The van der Waals surface area contributed by atoms with Crippen molar-refractivity contribution in [2.45, 2.75) is 37.5 Å². The molecule has 3 aromatic rings. The molecule has 34 heavy (non-hydrogen) atoms. The van der Waals surface area contributed by atoms with Gasteiger partial charge in [0.25, 0.3) is 5.56 Å². The first-order valence-corrected chi connectivity index (χ1v) is 13.6. The van der Waals surface area contributed by atoms with Crippen molar-refractivity contribution >= 4 is 32.4 Å². The Morgan fingerprint density at radius 3 is 2.68 bits per heavy atom. The van der Waals surface area contributed by atoms with E-state index in [9.17, 15) is 18.0 Å². The van der Waals surface area contributed by atoms with Crippen LogP contribution in [0.15, 0.2) is 35.4 Å². The molecule has 0 bridgehead atoms. The standard InChI is InChI=1S/C25H29N3O5S/c1-27-13-19-17-10-16(14-34(3,31)32)6-7-20(17)28(12-15-4-5-15)21(8-9-22(29)33-2)18-11-26-24(23(18)19)25(27)30/h6-7,10-11,13,15,21,26H,4-5,8-9,12,14H2,1-3H3. The summed E-state index contributed by atoms with van der Waals surface area (Å²) >= 11 is 0. The Labute approximate surface area is 198 Å². The summed E-state index contributed by atoms with van der Waals surface area (Å²) in [6, 6.07) is 5.69. The average Bonchev–Trinajstić information content (AvgIpc) is 3.51. The van der Waals surface area contributed by atoms with Gasteiger partial charge in [0.15, 0.2) is 9.84 Å². The number of pyridine rings is 1. The third kappa shape index (κ3) is 4.13. The summed E-state index contributed by atoms with van der Waals surface area (Å²) in [5, 5.41) is 0.842. The molecule has 1 N–H and O–H groups in total. The molecular formula is C25H29N3O5S. The fourth-order valence-electron chi connectivity index (χ4n) is 5.11. The van der Waals surface area contributed by atoms with Crippen LogP contribution in [-0.4, -0.2) is 43.8 Å². The maximum Gasteiger partial charge on any atom is 0.305 e. The normalized spacial score (nSPS) is 17.5. The molecule has 1 aliphatic heterocycles. The number of anilines is 1. The number of H-pyrrole nitrogens is 1. The Hall–Kier alpha value is -3.07. The maximum absolute atomic E-state index is 13.0.